The molecule has 0 aromatic rings. The highest BCUT2D eigenvalue weighted by atomic mass is 16.7. The van der Waals surface area contributed by atoms with Gasteiger partial charge in [-0.15, -0.1) is 0 Å². The second kappa shape index (κ2) is 6.59. The van der Waals surface area contributed by atoms with Gasteiger partial charge >= 0.3 is 5.97 Å². The Bertz CT molecular complexity index is 159. The number of carbonyl (C=O) groups is 1. The van der Waals surface area contributed by atoms with Gasteiger partial charge in [0.15, 0.2) is 0 Å². The van der Waals surface area contributed by atoms with Crippen LogP contribution in [0.1, 0.15) is 6.92 Å². The maximum absolute atomic E-state index is 9.60. The second-order valence-corrected chi connectivity index (χ2v) is 2.55. The standard InChI is InChI=1S/C4H8O3.C4H6O2/c5-1-4-2-6-3-7-4;1-3(2)4(5)6/h4-5H,1-3H2;1H2,2H3,(H,5,6). The smallest absolute Gasteiger partial charge is 0.330 e. The highest BCUT2D eigenvalue weighted by Gasteiger charge is 2.13. The monoisotopic (exact) mass is 190 g/mol. The van der Waals surface area contributed by atoms with Crippen molar-refractivity contribution in [2.24, 2.45) is 0 Å². The molecule has 0 aromatic heterocycles. The summed E-state index contributed by atoms with van der Waals surface area (Å²) in [6, 6.07) is 0. The van der Waals surface area contributed by atoms with Crippen molar-refractivity contribution >= 4 is 5.97 Å². The summed E-state index contributed by atoms with van der Waals surface area (Å²) < 4.78 is 9.60. The molecule has 13 heavy (non-hydrogen) atoms. The quantitative estimate of drug-likeness (QED) is 0.599. The van der Waals surface area contributed by atoms with Crippen LogP contribution in [0.3, 0.4) is 0 Å². The van der Waals surface area contributed by atoms with Crippen molar-refractivity contribution in [2.45, 2.75) is 13.0 Å². The predicted molar refractivity (Wildman–Crippen MR) is 45.2 cm³/mol. The van der Waals surface area contributed by atoms with Crippen LogP contribution in [-0.2, 0) is 14.3 Å². The molecular weight excluding hydrogens is 176 g/mol. The highest BCUT2D eigenvalue weighted by molar-refractivity contribution is 5.84. The predicted octanol–water partition coefficient (Wildman–Crippen LogP) is -0.00130. The maximum Gasteiger partial charge on any atom is 0.330 e. The molecule has 0 spiro atoms. The summed E-state index contributed by atoms with van der Waals surface area (Å²) in [6.45, 7) is 5.55. The number of rotatable bonds is 2. The minimum atomic E-state index is -0.935. The van der Waals surface area contributed by atoms with Gasteiger partial charge in [0.2, 0.25) is 0 Å². The normalized spacial score (nSPS) is 20.3. The number of hydrogen-bond donors (Lipinski definition) is 2. The van der Waals surface area contributed by atoms with E-state index in [9.17, 15) is 4.79 Å². The van der Waals surface area contributed by atoms with Gasteiger partial charge in [0.25, 0.3) is 0 Å². The molecule has 1 rings (SSSR count). The summed E-state index contributed by atoms with van der Waals surface area (Å²) in [6.07, 6.45) is -0.0694. The first kappa shape index (κ1) is 12.1. The molecule has 0 aromatic carbocycles. The van der Waals surface area contributed by atoms with Crippen molar-refractivity contribution in [3.05, 3.63) is 12.2 Å². The van der Waals surface area contributed by atoms with Crippen molar-refractivity contribution in [1.29, 1.82) is 0 Å². The Morgan fingerprint density at radius 2 is 2.23 bits per heavy atom. The Labute approximate surface area is 76.6 Å². The van der Waals surface area contributed by atoms with Gasteiger partial charge in [-0.2, -0.15) is 0 Å². The van der Waals surface area contributed by atoms with Gasteiger partial charge in [-0.05, 0) is 6.92 Å². The lowest BCUT2D eigenvalue weighted by molar-refractivity contribution is -0.132. The Morgan fingerprint density at radius 3 is 2.38 bits per heavy atom. The molecule has 0 bridgehead atoms. The zero-order valence-electron chi connectivity index (χ0n) is 7.52. The molecule has 5 nitrogen and oxygen atoms in total. The van der Waals surface area contributed by atoms with Crippen molar-refractivity contribution in [3.63, 3.8) is 0 Å². The number of carboxylic acids is 1. The fraction of sp³-hybridized carbons (Fsp3) is 0.625. The van der Waals surface area contributed by atoms with Gasteiger partial charge in [-0.1, -0.05) is 6.58 Å². The number of hydrogen-bond acceptors (Lipinski definition) is 4. The number of carboxylic acid groups (broad SMARTS) is 1. The molecule has 1 saturated heterocycles. The topological polar surface area (TPSA) is 76.0 Å². The third-order valence-electron chi connectivity index (χ3n) is 1.26. The third kappa shape index (κ3) is 6.27. The second-order valence-electron chi connectivity index (χ2n) is 2.55. The molecule has 1 atom stereocenters. The Kier molecular flexibility index (Phi) is 6.13. The van der Waals surface area contributed by atoms with Crippen LogP contribution in [0.25, 0.3) is 0 Å². The number of aliphatic hydroxyl groups is 1. The highest BCUT2D eigenvalue weighted by Crippen LogP contribution is 1.99. The average Bonchev–Trinajstić information content (AvgIpc) is 2.56. The molecule has 0 radical (unpaired) electrons. The largest absolute Gasteiger partial charge is 0.478 e. The van der Waals surface area contributed by atoms with Crippen LogP contribution < -0.4 is 0 Å². The lowest BCUT2D eigenvalue weighted by atomic mass is 10.4. The molecule has 1 unspecified atom stereocenters. The minimum Gasteiger partial charge on any atom is -0.478 e. The van der Waals surface area contributed by atoms with Gasteiger partial charge in [0, 0.05) is 5.57 Å². The number of aliphatic carboxylic acids is 1. The van der Waals surface area contributed by atoms with Gasteiger partial charge in [-0.25, -0.2) is 4.79 Å². The van der Waals surface area contributed by atoms with E-state index in [0.717, 1.165) is 0 Å². The molecule has 1 aliphatic heterocycles. The Hall–Kier alpha value is -0.910. The molecule has 0 saturated carbocycles. The number of aliphatic hydroxyl groups excluding tert-OH is 1. The van der Waals surface area contributed by atoms with Crippen LogP contribution in [0.2, 0.25) is 0 Å². The molecular formula is C8H14O5. The molecule has 1 aliphatic rings. The van der Waals surface area contributed by atoms with Crippen molar-refractivity contribution in [3.8, 4) is 0 Å². The van der Waals surface area contributed by atoms with Crippen LogP contribution in [0.15, 0.2) is 12.2 Å². The summed E-state index contributed by atoms with van der Waals surface area (Å²) >= 11 is 0. The zero-order valence-corrected chi connectivity index (χ0v) is 7.52. The minimum absolute atomic E-state index is 0.0694. The fourth-order valence-electron chi connectivity index (χ4n) is 0.477. The molecule has 1 fully saturated rings. The van der Waals surface area contributed by atoms with E-state index in [1.165, 1.54) is 6.92 Å². The van der Waals surface area contributed by atoms with E-state index in [0.29, 0.717) is 13.4 Å². The summed E-state index contributed by atoms with van der Waals surface area (Å²) in [4.78, 5) is 9.60. The molecule has 1 heterocycles. The van der Waals surface area contributed by atoms with Gasteiger partial charge < -0.3 is 19.7 Å². The third-order valence-corrected chi connectivity index (χ3v) is 1.26. The van der Waals surface area contributed by atoms with E-state index in [1.54, 1.807) is 0 Å². The molecule has 2 N–H and O–H groups in total. The van der Waals surface area contributed by atoms with Crippen LogP contribution in [0.5, 0.6) is 0 Å². The summed E-state index contributed by atoms with van der Waals surface area (Å²) in [7, 11) is 0. The van der Waals surface area contributed by atoms with Crippen molar-refractivity contribution in [2.75, 3.05) is 20.0 Å². The van der Waals surface area contributed by atoms with Gasteiger partial charge in [0.05, 0.1) is 13.2 Å². The first-order valence-corrected chi connectivity index (χ1v) is 3.77. The Balaban J connectivity index is 0.000000226. The van der Waals surface area contributed by atoms with Crippen molar-refractivity contribution in [1.82, 2.24) is 0 Å². The van der Waals surface area contributed by atoms with Crippen LogP contribution >= 0.6 is 0 Å². The molecule has 0 aliphatic carbocycles. The fourth-order valence-corrected chi connectivity index (χ4v) is 0.477. The maximum atomic E-state index is 9.60. The molecule has 5 heteroatoms. The van der Waals surface area contributed by atoms with Crippen molar-refractivity contribution < 1.29 is 24.5 Å². The van der Waals surface area contributed by atoms with E-state index in [2.05, 4.69) is 6.58 Å². The van der Waals surface area contributed by atoms with Crippen LogP contribution in [0, 0.1) is 0 Å². The van der Waals surface area contributed by atoms with E-state index in [1.807, 2.05) is 0 Å². The zero-order chi connectivity index (χ0) is 10.3. The SMILES string of the molecule is C=C(C)C(=O)O.OCC1COCO1. The first-order valence-electron chi connectivity index (χ1n) is 3.77. The first-order chi connectivity index (χ1) is 6.07. The molecule has 76 valence electrons. The van der Waals surface area contributed by atoms with Crippen LogP contribution in [0.4, 0.5) is 0 Å². The summed E-state index contributed by atoms with van der Waals surface area (Å²) in [5.41, 5.74) is 0.176. The van der Waals surface area contributed by atoms with Gasteiger partial charge in [-0.3, -0.25) is 0 Å². The van der Waals surface area contributed by atoms with Gasteiger partial charge in [0.1, 0.15) is 12.9 Å². The lowest BCUT2D eigenvalue weighted by Crippen LogP contribution is -2.13. The van der Waals surface area contributed by atoms with E-state index in [-0.39, 0.29) is 18.3 Å². The lowest BCUT2D eigenvalue weighted by Gasteiger charge is -1.97. The van der Waals surface area contributed by atoms with E-state index < -0.39 is 5.97 Å². The average molecular weight is 190 g/mol. The Morgan fingerprint density at radius 1 is 1.69 bits per heavy atom. The molecule has 0 amide bonds. The summed E-state index contributed by atoms with van der Waals surface area (Å²) in [5.74, 6) is -0.935. The van der Waals surface area contributed by atoms with E-state index in [4.69, 9.17) is 19.7 Å². The van der Waals surface area contributed by atoms with Crippen LogP contribution in [-0.4, -0.2) is 42.3 Å². The van der Waals surface area contributed by atoms with E-state index >= 15 is 0 Å². The summed E-state index contributed by atoms with van der Waals surface area (Å²) in [5, 5.41) is 16.3. The number of ether oxygens (including phenoxy) is 2.